The van der Waals surface area contributed by atoms with Crippen LogP contribution in [0.1, 0.15) is 13.3 Å². The Kier molecular flexibility index (Phi) is 5.40. The molecule has 1 rings (SSSR count). The van der Waals surface area contributed by atoms with E-state index in [0.29, 0.717) is 26.2 Å². The zero-order valence-electron chi connectivity index (χ0n) is 11.3. The van der Waals surface area contributed by atoms with Gasteiger partial charge in [0.25, 0.3) is 0 Å². The predicted molar refractivity (Wildman–Crippen MR) is 66.4 cm³/mol. The lowest BCUT2D eigenvalue weighted by Gasteiger charge is -2.42. The van der Waals surface area contributed by atoms with Gasteiger partial charge in [-0.1, -0.05) is 6.92 Å². The quantitative estimate of drug-likeness (QED) is 0.713. The van der Waals surface area contributed by atoms with Gasteiger partial charge < -0.3 is 19.6 Å². The molecule has 1 aliphatic rings. The molecule has 0 saturated carbocycles. The van der Waals surface area contributed by atoms with Crippen LogP contribution in [0.15, 0.2) is 0 Å². The van der Waals surface area contributed by atoms with Gasteiger partial charge in [0.2, 0.25) is 0 Å². The number of carboxylic acid groups (broad SMARTS) is 1. The van der Waals surface area contributed by atoms with Gasteiger partial charge in [-0.05, 0) is 6.42 Å². The second-order valence-corrected chi connectivity index (χ2v) is 4.84. The zero-order chi connectivity index (χ0) is 13.7. The summed E-state index contributed by atoms with van der Waals surface area (Å²) >= 11 is 0. The van der Waals surface area contributed by atoms with Crippen LogP contribution in [0.2, 0.25) is 0 Å². The largest absolute Gasteiger partial charge is 0.481 e. The van der Waals surface area contributed by atoms with Crippen molar-refractivity contribution >= 4 is 12.0 Å². The number of likely N-dealkylation sites (tertiary alicyclic amines) is 1. The summed E-state index contributed by atoms with van der Waals surface area (Å²) in [7, 11) is 3.39. The molecule has 1 N–H and O–H groups in total. The minimum absolute atomic E-state index is 0.0278. The lowest BCUT2D eigenvalue weighted by Crippen LogP contribution is -2.56. The van der Waals surface area contributed by atoms with Gasteiger partial charge in [0.1, 0.15) is 0 Å². The molecular weight excluding hydrogens is 236 g/mol. The van der Waals surface area contributed by atoms with Crippen LogP contribution in [-0.2, 0) is 9.53 Å². The molecule has 6 nitrogen and oxygen atoms in total. The predicted octanol–water partition coefficient (Wildman–Crippen LogP) is 0.727. The van der Waals surface area contributed by atoms with Crippen molar-refractivity contribution in [1.82, 2.24) is 9.80 Å². The number of aliphatic carboxylic acids is 1. The van der Waals surface area contributed by atoms with Crippen molar-refractivity contribution in [2.24, 2.45) is 11.8 Å². The number of methoxy groups -OCH3 is 1. The highest BCUT2D eigenvalue weighted by molar-refractivity contribution is 5.76. The van der Waals surface area contributed by atoms with E-state index in [2.05, 4.69) is 0 Å². The molecule has 1 fully saturated rings. The third kappa shape index (κ3) is 3.60. The summed E-state index contributed by atoms with van der Waals surface area (Å²) in [5.74, 6) is -1.09. The lowest BCUT2D eigenvalue weighted by atomic mass is 9.87. The molecular formula is C12H22N2O4. The molecule has 0 bridgehead atoms. The topological polar surface area (TPSA) is 70.1 Å². The van der Waals surface area contributed by atoms with Gasteiger partial charge in [0.15, 0.2) is 0 Å². The summed E-state index contributed by atoms with van der Waals surface area (Å²) in [5.41, 5.74) is 0. The summed E-state index contributed by atoms with van der Waals surface area (Å²) in [6, 6.07) is -0.0278. The van der Waals surface area contributed by atoms with Crippen molar-refractivity contribution in [1.29, 1.82) is 0 Å². The number of nitrogens with zero attached hydrogens (tertiary/aromatic N) is 2. The first-order valence-corrected chi connectivity index (χ1v) is 6.19. The fourth-order valence-corrected chi connectivity index (χ4v) is 1.97. The lowest BCUT2D eigenvalue weighted by molar-refractivity contribution is -0.144. The number of hydrogen-bond acceptors (Lipinski definition) is 3. The van der Waals surface area contributed by atoms with Crippen molar-refractivity contribution < 1.29 is 19.4 Å². The number of carboxylic acids is 1. The van der Waals surface area contributed by atoms with E-state index in [0.717, 1.165) is 6.42 Å². The second-order valence-electron chi connectivity index (χ2n) is 4.84. The van der Waals surface area contributed by atoms with Crippen LogP contribution in [-0.4, -0.2) is 67.3 Å². The van der Waals surface area contributed by atoms with Crippen molar-refractivity contribution in [2.45, 2.75) is 13.3 Å². The SMILES string of the molecule is COCCCN(C)C(=O)N1CC(C(C)C(=O)O)C1. The minimum atomic E-state index is -0.791. The molecule has 0 aliphatic carbocycles. The van der Waals surface area contributed by atoms with Crippen molar-refractivity contribution in [3.63, 3.8) is 0 Å². The Hall–Kier alpha value is -1.30. The smallest absolute Gasteiger partial charge is 0.319 e. The molecule has 18 heavy (non-hydrogen) atoms. The van der Waals surface area contributed by atoms with E-state index >= 15 is 0 Å². The molecule has 1 saturated heterocycles. The van der Waals surface area contributed by atoms with E-state index < -0.39 is 5.97 Å². The average Bonchev–Trinajstić information content (AvgIpc) is 2.26. The van der Waals surface area contributed by atoms with E-state index in [-0.39, 0.29) is 17.9 Å². The molecule has 0 aromatic heterocycles. The van der Waals surface area contributed by atoms with E-state index in [4.69, 9.17) is 9.84 Å². The minimum Gasteiger partial charge on any atom is -0.481 e. The summed E-state index contributed by atoms with van der Waals surface area (Å²) < 4.78 is 4.93. The fraction of sp³-hybridized carbons (Fsp3) is 0.833. The van der Waals surface area contributed by atoms with Crippen LogP contribution in [0, 0.1) is 11.8 Å². The number of carbonyl (C=O) groups excluding carboxylic acids is 1. The first kappa shape index (κ1) is 14.8. The maximum absolute atomic E-state index is 11.9. The highest BCUT2D eigenvalue weighted by atomic mass is 16.5. The molecule has 1 aliphatic heterocycles. The molecule has 0 aromatic carbocycles. The van der Waals surface area contributed by atoms with E-state index in [1.165, 1.54) is 0 Å². The summed E-state index contributed by atoms with van der Waals surface area (Å²) in [6.07, 6.45) is 0.807. The van der Waals surface area contributed by atoms with Gasteiger partial charge in [-0.2, -0.15) is 0 Å². The maximum atomic E-state index is 11.9. The molecule has 6 heteroatoms. The number of urea groups is 1. The number of rotatable bonds is 6. The van der Waals surface area contributed by atoms with E-state index in [9.17, 15) is 9.59 Å². The van der Waals surface area contributed by atoms with Gasteiger partial charge in [0.05, 0.1) is 5.92 Å². The van der Waals surface area contributed by atoms with Crippen LogP contribution >= 0.6 is 0 Å². The average molecular weight is 258 g/mol. The third-order valence-corrected chi connectivity index (χ3v) is 3.45. The molecule has 0 radical (unpaired) electrons. The first-order valence-electron chi connectivity index (χ1n) is 6.19. The van der Waals surface area contributed by atoms with Gasteiger partial charge in [-0.3, -0.25) is 4.79 Å². The Bertz CT molecular complexity index is 302. The maximum Gasteiger partial charge on any atom is 0.319 e. The van der Waals surface area contributed by atoms with Gasteiger partial charge >= 0.3 is 12.0 Å². The highest BCUT2D eigenvalue weighted by Gasteiger charge is 2.37. The van der Waals surface area contributed by atoms with Crippen molar-refractivity contribution in [3.8, 4) is 0 Å². The highest BCUT2D eigenvalue weighted by Crippen LogP contribution is 2.24. The van der Waals surface area contributed by atoms with Crippen LogP contribution < -0.4 is 0 Å². The van der Waals surface area contributed by atoms with Gasteiger partial charge in [-0.15, -0.1) is 0 Å². The second kappa shape index (κ2) is 6.58. The Morgan fingerprint density at radius 1 is 1.50 bits per heavy atom. The Balaban J connectivity index is 2.27. The number of carbonyl (C=O) groups is 2. The molecule has 1 heterocycles. The van der Waals surface area contributed by atoms with Crippen molar-refractivity contribution in [2.75, 3.05) is 40.4 Å². The standard InChI is InChI=1S/C12H22N2O4/c1-9(11(15)16)10-7-14(8-10)12(17)13(2)5-4-6-18-3/h9-10H,4-8H2,1-3H3,(H,15,16). The van der Waals surface area contributed by atoms with Crippen LogP contribution in [0.3, 0.4) is 0 Å². The Morgan fingerprint density at radius 2 is 2.11 bits per heavy atom. The molecule has 0 spiro atoms. The molecule has 1 unspecified atom stereocenters. The fourth-order valence-electron chi connectivity index (χ4n) is 1.97. The van der Waals surface area contributed by atoms with Gasteiger partial charge in [0, 0.05) is 46.3 Å². The van der Waals surface area contributed by atoms with E-state index in [1.807, 2.05) is 0 Å². The third-order valence-electron chi connectivity index (χ3n) is 3.45. The first-order chi connectivity index (χ1) is 8.47. The molecule has 2 amide bonds. The number of hydrogen-bond donors (Lipinski definition) is 1. The van der Waals surface area contributed by atoms with Crippen LogP contribution in [0.5, 0.6) is 0 Å². The number of ether oxygens (including phenoxy) is 1. The monoisotopic (exact) mass is 258 g/mol. The van der Waals surface area contributed by atoms with Crippen LogP contribution in [0.4, 0.5) is 4.79 Å². The normalized spacial score (nSPS) is 17.2. The Labute approximate surface area is 107 Å². The summed E-state index contributed by atoms with van der Waals surface area (Å²) in [5, 5.41) is 8.87. The van der Waals surface area contributed by atoms with Gasteiger partial charge in [-0.25, -0.2) is 4.79 Å². The molecule has 1 atom stereocenters. The van der Waals surface area contributed by atoms with Crippen molar-refractivity contribution in [3.05, 3.63) is 0 Å². The number of amides is 2. The molecule has 104 valence electrons. The zero-order valence-corrected chi connectivity index (χ0v) is 11.3. The van der Waals surface area contributed by atoms with E-state index in [1.54, 1.807) is 30.9 Å². The Morgan fingerprint density at radius 3 is 2.61 bits per heavy atom. The summed E-state index contributed by atoms with van der Waals surface area (Å²) in [4.78, 5) is 26.1. The van der Waals surface area contributed by atoms with Crippen LogP contribution in [0.25, 0.3) is 0 Å². The summed E-state index contributed by atoms with van der Waals surface area (Å²) in [6.45, 7) is 4.07. The molecule has 0 aromatic rings.